The summed E-state index contributed by atoms with van der Waals surface area (Å²) in [5.41, 5.74) is 6.69. The number of hydrazine groups is 1. The molecule has 0 atom stereocenters. The van der Waals surface area contributed by atoms with Crippen molar-refractivity contribution in [2.75, 3.05) is 5.32 Å². The number of urea groups is 1. The number of nitrogens with one attached hydrogen (secondary N) is 4. The first-order valence-corrected chi connectivity index (χ1v) is 8.82. The van der Waals surface area contributed by atoms with Crippen molar-refractivity contribution in [3.8, 4) is 0 Å². The van der Waals surface area contributed by atoms with E-state index in [9.17, 15) is 14.4 Å². The van der Waals surface area contributed by atoms with Gasteiger partial charge in [-0.05, 0) is 42.0 Å². The monoisotopic (exact) mass is 389 g/mol. The van der Waals surface area contributed by atoms with E-state index in [0.717, 1.165) is 5.56 Å². The van der Waals surface area contributed by atoms with E-state index in [1.807, 2.05) is 30.3 Å². The van der Waals surface area contributed by atoms with E-state index < -0.39 is 11.9 Å². The van der Waals surface area contributed by atoms with E-state index in [2.05, 4.69) is 26.5 Å². The Morgan fingerprint density at radius 1 is 0.759 bits per heavy atom. The van der Waals surface area contributed by atoms with Crippen molar-refractivity contribution in [2.24, 2.45) is 0 Å². The van der Waals surface area contributed by atoms with Gasteiger partial charge in [0.05, 0.1) is 0 Å². The molecule has 0 radical (unpaired) electrons. The standard InChI is InChI=1S/C21H19N5O3/c27-19(25-26-21(29)23-14-15-6-2-1-3-7-15)16-9-11-17(12-10-16)24-20(28)18-8-4-5-13-22-18/h1-13H,14H2,(H,24,28)(H,25,27)(H2,23,26,29). The van der Waals surface area contributed by atoms with Gasteiger partial charge in [0.25, 0.3) is 11.8 Å². The van der Waals surface area contributed by atoms with Gasteiger partial charge in [-0.15, -0.1) is 0 Å². The van der Waals surface area contributed by atoms with E-state index in [-0.39, 0.29) is 5.91 Å². The lowest BCUT2D eigenvalue weighted by molar-refractivity contribution is 0.0936. The van der Waals surface area contributed by atoms with Gasteiger partial charge < -0.3 is 10.6 Å². The average Bonchev–Trinajstić information content (AvgIpc) is 2.78. The fraction of sp³-hybridized carbons (Fsp3) is 0.0476. The molecule has 1 aromatic heterocycles. The molecule has 3 aromatic rings. The zero-order chi connectivity index (χ0) is 20.5. The maximum absolute atomic E-state index is 12.1. The SMILES string of the molecule is O=C(NCc1ccccc1)NNC(=O)c1ccc(NC(=O)c2ccccn2)cc1. The largest absolute Gasteiger partial charge is 0.333 e. The summed E-state index contributed by atoms with van der Waals surface area (Å²) in [6, 6.07) is 20.2. The molecule has 29 heavy (non-hydrogen) atoms. The van der Waals surface area contributed by atoms with E-state index in [1.165, 1.54) is 18.3 Å². The Balaban J connectivity index is 1.46. The maximum Gasteiger partial charge on any atom is 0.333 e. The fourth-order valence-corrected chi connectivity index (χ4v) is 2.41. The second-order valence-electron chi connectivity index (χ2n) is 5.99. The zero-order valence-electron chi connectivity index (χ0n) is 15.4. The summed E-state index contributed by atoms with van der Waals surface area (Å²) in [5.74, 6) is -0.831. The van der Waals surface area contributed by atoms with Gasteiger partial charge >= 0.3 is 6.03 Å². The Bertz CT molecular complexity index is 976. The van der Waals surface area contributed by atoms with Crippen LogP contribution in [0.1, 0.15) is 26.4 Å². The van der Waals surface area contributed by atoms with Crippen LogP contribution in [0.4, 0.5) is 10.5 Å². The van der Waals surface area contributed by atoms with Crippen LogP contribution in [0.2, 0.25) is 0 Å². The van der Waals surface area contributed by atoms with Crippen molar-refractivity contribution < 1.29 is 14.4 Å². The number of hydrogen-bond acceptors (Lipinski definition) is 4. The Morgan fingerprint density at radius 2 is 1.48 bits per heavy atom. The third kappa shape index (κ3) is 5.90. The molecule has 0 aliphatic carbocycles. The highest BCUT2D eigenvalue weighted by Gasteiger charge is 2.09. The van der Waals surface area contributed by atoms with Crippen molar-refractivity contribution in [1.82, 2.24) is 21.2 Å². The van der Waals surface area contributed by atoms with Gasteiger partial charge in [-0.3, -0.25) is 20.0 Å². The Labute approximate surface area is 167 Å². The molecule has 8 nitrogen and oxygen atoms in total. The molecule has 0 saturated heterocycles. The summed E-state index contributed by atoms with van der Waals surface area (Å²) in [6.45, 7) is 0.340. The van der Waals surface area contributed by atoms with E-state index in [0.29, 0.717) is 23.5 Å². The highest BCUT2D eigenvalue weighted by molar-refractivity contribution is 6.03. The van der Waals surface area contributed by atoms with Gasteiger partial charge in [-0.2, -0.15) is 0 Å². The molecule has 146 valence electrons. The minimum atomic E-state index is -0.526. The number of benzene rings is 2. The van der Waals surface area contributed by atoms with Gasteiger partial charge in [-0.25, -0.2) is 10.2 Å². The molecule has 4 N–H and O–H groups in total. The second kappa shape index (κ2) is 9.65. The van der Waals surface area contributed by atoms with Crippen LogP contribution in [0, 0.1) is 0 Å². The van der Waals surface area contributed by atoms with Crippen molar-refractivity contribution >= 4 is 23.5 Å². The number of pyridine rings is 1. The third-order valence-corrected chi connectivity index (χ3v) is 3.89. The molecule has 2 aromatic carbocycles. The molecule has 0 aliphatic rings. The number of rotatable bonds is 5. The zero-order valence-corrected chi connectivity index (χ0v) is 15.4. The molecule has 0 saturated carbocycles. The van der Waals surface area contributed by atoms with Gasteiger partial charge in [0, 0.05) is 24.0 Å². The minimum Gasteiger partial charge on any atom is -0.333 e. The average molecular weight is 389 g/mol. The molecule has 0 fully saturated rings. The fourth-order valence-electron chi connectivity index (χ4n) is 2.41. The lowest BCUT2D eigenvalue weighted by Crippen LogP contribution is -2.46. The van der Waals surface area contributed by atoms with Crippen LogP contribution in [0.25, 0.3) is 0 Å². The minimum absolute atomic E-state index is 0.292. The number of nitrogens with zero attached hydrogens (tertiary/aromatic N) is 1. The number of anilines is 1. The van der Waals surface area contributed by atoms with Crippen LogP contribution in [0.15, 0.2) is 79.0 Å². The van der Waals surface area contributed by atoms with Gasteiger partial charge in [0.15, 0.2) is 0 Å². The molecule has 0 unspecified atom stereocenters. The van der Waals surface area contributed by atoms with Crippen LogP contribution < -0.4 is 21.5 Å². The van der Waals surface area contributed by atoms with Crippen LogP contribution in [0.3, 0.4) is 0 Å². The first-order chi connectivity index (χ1) is 14.1. The predicted molar refractivity (Wildman–Crippen MR) is 108 cm³/mol. The second-order valence-corrected chi connectivity index (χ2v) is 5.99. The molecule has 0 bridgehead atoms. The molecule has 3 rings (SSSR count). The highest BCUT2D eigenvalue weighted by Crippen LogP contribution is 2.10. The molecule has 0 aliphatic heterocycles. The topological polar surface area (TPSA) is 112 Å². The molecule has 4 amide bonds. The summed E-state index contributed by atoms with van der Waals surface area (Å²) in [6.07, 6.45) is 1.53. The molecule has 1 heterocycles. The number of hydrogen-bond donors (Lipinski definition) is 4. The first-order valence-electron chi connectivity index (χ1n) is 8.82. The van der Waals surface area contributed by atoms with Crippen LogP contribution in [0.5, 0.6) is 0 Å². The molecule has 0 spiro atoms. The van der Waals surface area contributed by atoms with Crippen molar-refractivity contribution in [1.29, 1.82) is 0 Å². The van der Waals surface area contributed by atoms with E-state index in [4.69, 9.17) is 0 Å². The van der Waals surface area contributed by atoms with E-state index in [1.54, 1.807) is 30.3 Å². The smallest absolute Gasteiger partial charge is 0.333 e. The van der Waals surface area contributed by atoms with Crippen LogP contribution in [-0.2, 0) is 6.54 Å². The lowest BCUT2D eigenvalue weighted by Gasteiger charge is -2.10. The van der Waals surface area contributed by atoms with Crippen LogP contribution >= 0.6 is 0 Å². The summed E-state index contributed by atoms with van der Waals surface area (Å²) in [7, 11) is 0. The van der Waals surface area contributed by atoms with Gasteiger partial charge in [0.1, 0.15) is 5.69 Å². The third-order valence-electron chi connectivity index (χ3n) is 3.89. The molecular formula is C21H19N5O3. The predicted octanol–water partition coefficient (Wildman–Crippen LogP) is 2.48. The lowest BCUT2D eigenvalue weighted by atomic mass is 10.2. The van der Waals surface area contributed by atoms with Gasteiger partial charge in [0.2, 0.25) is 0 Å². The number of carbonyl (C=O) groups is 3. The Morgan fingerprint density at radius 3 is 2.17 bits per heavy atom. The summed E-state index contributed by atoms with van der Waals surface area (Å²) < 4.78 is 0. The Kier molecular flexibility index (Phi) is 6.51. The van der Waals surface area contributed by atoms with Crippen molar-refractivity contribution in [2.45, 2.75) is 6.54 Å². The Hall–Kier alpha value is -4.20. The quantitative estimate of drug-likeness (QED) is 0.502. The number of amides is 4. The first kappa shape index (κ1) is 19.6. The summed E-state index contributed by atoms with van der Waals surface area (Å²) in [5, 5.41) is 5.33. The van der Waals surface area contributed by atoms with Crippen molar-refractivity contribution in [3.05, 3.63) is 95.8 Å². The summed E-state index contributed by atoms with van der Waals surface area (Å²) >= 11 is 0. The van der Waals surface area contributed by atoms with Crippen LogP contribution in [-0.4, -0.2) is 22.8 Å². The number of aromatic nitrogens is 1. The molecular weight excluding hydrogens is 370 g/mol. The number of carbonyl (C=O) groups excluding carboxylic acids is 3. The van der Waals surface area contributed by atoms with E-state index >= 15 is 0 Å². The summed E-state index contributed by atoms with van der Waals surface area (Å²) in [4.78, 5) is 39.9. The normalized spacial score (nSPS) is 9.93. The maximum atomic E-state index is 12.1. The molecule has 8 heteroatoms. The van der Waals surface area contributed by atoms with Crippen molar-refractivity contribution in [3.63, 3.8) is 0 Å². The highest BCUT2D eigenvalue weighted by atomic mass is 16.2. The van der Waals surface area contributed by atoms with Gasteiger partial charge in [-0.1, -0.05) is 36.4 Å².